The van der Waals surface area contributed by atoms with Gasteiger partial charge in [0.2, 0.25) is 0 Å². The Morgan fingerprint density at radius 1 is 1.26 bits per heavy atom. The lowest BCUT2D eigenvalue weighted by molar-refractivity contribution is 0.311. The van der Waals surface area contributed by atoms with Crippen molar-refractivity contribution < 1.29 is 0 Å². The average Bonchev–Trinajstić information content (AvgIpc) is 3.17. The van der Waals surface area contributed by atoms with Crippen LogP contribution >= 0.6 is 11.6 Å². The van der Waals surface area contributed by atoms with E-state index in [0.717, 1.165) is 17.5 Å². The Kier molecular flexibility index (Phi) is 4.11. The van der Waals surface area contributed by atoms with Crippen LogP contribution in [-0.2, 0) is 0 Å². The fourth-order valence-corrected chi connectivity index (χ4v) is 3.25. The van der Waals surface area contributed by atoms with Gasteiger partial charge in [0.05, 0.1) is 0 Å². The lowest BCUT2D eigenvalue weighted by atomic mass is 10.0. The summed E-state index contributed by atoms with van der Waals surface area (Å²) in [5.41, 5.74) is 1.36. The molecule has 1 heterocycles. The zero-order valence-electron chi connectivity index (χ0n) is 11.6. The molecule has 2 atom stereocenters. The number of nitrogens with zero attached hydrogens (tertiary/aromatic N) is 1. The highest BCUT2D eigenvalue weighted by Crippen LogP contribution is 2.30. The summed E-state index contributed by atoms with van der Waals surface area (Å²) >= 11 is 5.96. The van der Waals surface area contributed by atoms with Gasteiger partial charge in [-0.1, -0.05) is 30.7 Å². The molecule has 19 heavy (non-hydrogen) atoms. The first-order chi connectivity index (χ1) is 9.26. The number of likely N-dealkylation sites (tertiary alicyclic amines) is 1. The molecule has 3 heteroatoms. The SMILES string of the molecule is CCC(NC1CCN(C2CC2)C1)c1ccc(Cl)cc1. The fourth-order valence-electron chi connectivity index (χ4n) is 3.12. The van der Waals surface area contributed by atoms with E-state index < -0.39 is 0 Å². The Labute approximate surface area is 121 Å². The molecule has 1 aromatic rings. The number of nitrogens with one attached hydrogen (secondary N) is 1. The molecular formula is C16H23ClN2. The van der Waals surface area contributed by atoms with Gasteiger partial charge in [0.15, 0.2) is 0 Å². The standard InChI is InChI=1S/C16H23ClN2/c1-2-16(12-3-5-13(17)6-4-12)18-14-9-10-19(11-14)15-7-8-15/h3-6,14-16,18H,2,7-11H2,1H3. The van der Waals surface area contributed by atoms with E-state index in [-0.39, 0.29) is 0 Å². The third-order valence-electron chi connectivity index (χ3n) is 4.40. The molecule has 0 aromatic heterocycles. The monoisotopic (exact) mass is 278 g/mol. The summed E-state index contributed by atoms with van der Waals surface area (Å²) in [6.07, 6.45) is 5.25. The molecule has 2 nitrogen and oxygen atoms in total. The maximum Gasteiger partial charge on any atom is 0.0406 e. The summed E-state index contributed by atoms with van der Waals surface area (Å²) in [6.45, 7) is 4.76. The van der Waals surface area contributed by atoms with Gasteiger partial charge >= 0.3 is 0 Å². The minimum absolute atomic E-state index is 0.460. The number of hydrogen-bond acceptors (Lipinski definition) is 2. The first-order valence-corrected chi connectivity index (χ1v) is 7.89. The third-order valence-corrected chi connectivity index (χ3v) is 4.65. The van der Waals surface area contributed by atoms with Crippen molar-refractivity contribution in [3.05, 3.63) is 34.9 Å². The van der Waals surface area contributed by atoms with Crippen molar-refractivity contribution in [3.63, 3.8) is 0 Å². The molecule has 1 aromatic carbocycles. The van der Waals surface area contributed by atoms with Crippen LogP contribution < -0.4 is 5.32 Å². The molecule has 3 rings (SSSR count). The topological polar surface area (TPSA) is 15.3 Å². The summed E-state index contributed by atoms with van der Waals surface area (Å²) in [5.74, 6) is 0. The van der Waals surface area contributed by atoms with E-state index in [1.165, 1.54) is 37.9 Å². The van der Waals surface area contributed by atoms with E-state index in [9.17, 15) is 0 Å². The Morgan fingerprint density at radius 2 is 2.00 bits per heavy atom. The highest BCUT2D eigenvalue weighted by atomic mass is 35.5. The highest BCUT2D eigenvalue weighted by molar-refractivity contribution is 6.30. The van der Waals surface area contributed by atoms with Crippen molar-refractivity contribution in [3.8, 4) is 0 Å². The fraction of sp³-hybridized carbons (Fsp3) is 0.625. The van der Waals surface area contributed by atoms with Crippen molar-refractivity contribution in [2.75, 3.05) is 13.1 Å². The predicted octanol–water partition coefficient (Wildman–Crippen LogP) is 3.62. The van der Waals surface area contributed by atoms with Crippen LogP contribution in [0.1, 0.15) is 44.2 Å². The average molecular weight is 279 g/mol. The van der Waals surface area contributed by atoms with Gasteiger partial charge in [0.25, 0.3) is 0 Å². The molecule has 2 fully saturated rings. The first-order valence-electron chi connectivity index (χ1n) is 7.52. The summed E-state index contributed by atoms with van der Waals surface area (Å²) in [7, 11) is 0. The largest absolute Gasteiger partial charge is 0.306 e. The van der Waals surface area contributed by atoms with Gasteiger partial charge in [-0.05, 0) is 43.4 Å². The Bertz CT molecular complexity index is 413. The van der Waals surface area contributed by atoms with Gasteiger partial charge in [-0.15, -0.1) is 0 Å². The van der Waals surface area contributed by atoms with Gasteiger partial charge in [-0.25, -0.2) is 0 Å². The minimum Gasteiger partial charge on any atom is -0.306 e. The minimum atomic E-state index is 0.460. The van der Waals surface area contributed by atoms with Crippen LogP contribution in [0.15, 0.2) is 24.3 Å². The van der Waals surface area contributed by atoms with Crippen LogP contribution in [0.2, 0.25) is 5.02 Å². The quantitative estimate of drug-likeness (QED) is 0.885. The molecule has 2 unspecified atom stereocenters. The van der Waals surface area contributed by atoms with Gasteiger partial charge in [-0.2, -0.15) is 0 Å². The van der Waals surface area contributed by atoms with Crippen molar-refractivity contribution >= 4 is 11.6 Å². The van der Waals surface area contributed by atoms with Gasteiger partial charge < -0.3 is 5.32 Å². The number of rotatable bonds is 5. The summed E-state index contributed by atoms with van der Waals surface area (Å²) in [5, 5.41) is 4.65. The molecule has 1 aliphatic heterocycles. The predicted molar refractivity (Wildman–Crippen MR) is 80.6 cm³/mol. The molecule has 0 bridgehead atoms. The maximum absolute atomic E-state index is 5.96. The third kappa shape index (κ3) is 3.31. The Morgan fingerprint density at radius 3 is 2.63 bits per heavy atom. The van der Waals surface area contributed by atoms with Crippen LogP contribution in [0, 0.1) is 0 Å². The number of halogens is 1. The second-order valence-corrected chi connectivity index (χ2v) is 6.33. The van der Waals surface area contributed by atoms with E-state index in [1.54, 1.807) is 0 Å². The van der Waals surface area contributed by atoms with Gasteiger partial charge in [-0.3, -0.25) is 4.90 Å². The second-order valence-electron chi connectivity index (χ2n) is 5.89. The normalized spacial score (nSPS) is 25.7. The molecule has 1 saturated carbocycles. The molecule has 0 radical (unpaired) electrons. The van der Waals surface area contributed by atoms with Gasteiger partial charge in [0, 0.05) is 36.2 Å². The zero-order chi connectivity index (χ0) is 13.2. The lowest BCUT2D eigenvalue weighted by Crippen LogP contribution is -2.35. The van der Waals surface area contributed by atoms with Crippen LogP contribution in [0.4, 0.5) is 0 Å². The van der Waals surface area contributed by atoms with Crippen molar-refractivity contribution in [1.29, 1.82) is 0 Å². The smallest absolute Gasteiger partial charge is 0.0406 e. The molecule has 1 N–H and O–H groups in total. The first kappa shape index (κ1) is 13.4. The van der Waals surface area contributed by atoms with E-state index in [1.807, 2.05) is 12.1 Å². The summed E-state index contributed by atoms with van der Waals surface area (Å²) in [6, 6.07) is 10.3. The molecule has 2 aliphatic rings. The maximum atomic E-state index is 5.96. The zero-order valence-corrected chi connectivity index (χ0v) is 12.4. The van der Waals surface area contributed by atoms with Gasteiger partial charge in [0.1, 0.15) is 0 Å². The molecule has 104 valence electrons. The van der Waals surface area contributed by atoms with E-state index in [4.69, 9.17) is 11.6 Å². The van der Waals surface area contributed by atoms with E-state index in [2.05, 4.69) is 29.3 Å². The molecule has 0 amide bonds. The molecule has 1 aliphatic carbocycles. The van der Waals surface area contributed by atoms with Crippen molar-refractivity contribution in [1.82, 2.24) is 10.2 Å². The highest BCUT2D eigenvalue weighted by Gasteiger charge is 2.34. The Hall–Kier alpha value is -0.570. The van der Waals surface area contributed by atoms with E-state index in [0.29, 0.717) is 12.1 Å². The number of benzene rings is 1. The van der Waals surface area contributed by atoms with E-state index >= 15 is 0 Å². The summed E-state index contributed by atoms with van der Waals surface area (Å²) < 4.78 is 0. The van der Waals surface area contributed by atoms with Crippen molar-refractivity contribution in [2.45, 2.75) is 50.7 Å². The molecule has 1 saturated heterocycles. The Balaban J connectivity index is 1.58. The second kappa shape index (κ2) is 5.82. The number of hydrogen-bond donors (Lipinski definition) is 1. The van der Waals surface area contributed by atoms with Crippen LogP contribution in [0.25, 0.3) is 0 Å². The lowest BCUT2D eigenvalue weighted by Gasteiger charge is -2.23. The van der Waals surface area contributed by atoms with Crippen LogP contribution in [0.5, 0.6) is 0 Å². The molecular weight excluding hydrogens is 256 g/mol. The summed E-state index contributed by atoms with van der Waals surface area (Å²) in [4.78, 5) is 2.66. The van der Waals surface area contributed by atoms with Crippen LogP contribution in [-0.4, -0.2) is 30.1 Å². The van der Waals surface area contributed by atoms with Crippen molar-refractivity contribution in [2.24, 2.45) is 0 Å². The van der Waals surface area contributed by atoms with Crippen LogP contribution in [0.3, 0.4) is 0 Å². The molecule has 0 spiro atoms.